The van der Waals surface area contributed by atoms with Crippen molar-refractivity contribution in [3.63, 3.8) is 0 Å². The SMILES string of the molecule is CC[N+](C)(C)Cc1ccc(Cl)c(Cl)c1.[Cl-]. The van der Waals surface area contributed by atoms with E-state index in [1.807, 2.05) is 18.2 Å². The van der Waals surface area contributed by atoms with Crippen molar-refractivity contribution in [3.8, 4) is 0 Å². The van der Waals surface area contributed by atoms with Gasteiger partial charge in [0.15, 0.2) is 0 Å². The largest absolute Gasteiger partial charge is 1.00 e. The summed E-state index contributed by atoms with van der Waals surface area (Å²) in [6.45, 7) is 4.26. The highest BCUT2D eigenvalue weighted by molar-refractivity contribution is 6.41. The van der Waals surface area contributed by atoms with Crippen LogP contribution < -0.4 is 12.4 Å². The van der Waals surface area contributed by atoms with Crippen LogP contribution in [0.3, 0.4) is 0 Å². The molecule has 0 amide bonds. The van der Waals surface area contributed by atoms with Gasteiger partial charge in [0.25, 0.3) is 0 Å². The molecule has 0 radical (unpaired) electrons. The maximum atomic E-state index is 5.95. The van der Waals surface area contributed by atoms with Crippen LogP contribution in [0.5, 0.6) is 0 Å². The summed E-state index contributed by atoms with van der Waals surface area (Å²) in [5.41, 5.74) is 1.23. The van der Waals surface area contributed by atoms with Gasteiger partial charge in [-0.3, -0.25) is 0 Å². The van der Waals surface area contributed by atoms with Crippen LogP contribution in [0.2, 0.25) is 10.0 Å². The molecule has 0 atom stereocenters. The standard InChI is InChI=1S/C11H16Cl2N.ClH/c1-4-14(2,3)8-9-5-6-10(12)11(13)7-9;/h5-7H,4,8H2,1-3H3;1H/q+1;/p-1. The fourth-order valence-electron chi connectivity index (χ4n) is 1.24. The lowest BCUT2D eigenvalue weighted by Crippen LogP contribution is -3.00. The normalized spacial score (nSPS) is 11.0. The van der Waals surface area contributed by atoms with Gasteiger partial charge in [-0.25, -0.2) is 0 Å². The van der Waals surface area contributed by atoms with Crippen molar-refractivity contribution in [1.82, 2.24) is 0 Å². The third-order valence-electron chi connectivity index (χ3n) is 2.45. The molecule has 0 unspecified atom stereocenters. The Bertz CT molecular complexity index is 324. The summed E-state index contributed by atoms with van der Waals surface area (Å²) in [7, 11) is 4.39. The van der Waals surface area contributed by atoms with Crippen molar-refractivity contribution < 1.29 is 16.9 Å². The number of hydrogen-bond acceptors (Lipinski definition) is 0. The first-order valence-corrected chi connectivity index (χ1v) is 5.46. The maximum Gasteiger partial charge on any atom is 0.104 e. The van der Waals surface area contributed by atoms with Crippen LogP contribution in [0.1, 0.15) is 12.5 Å². The van der Waals surface area contributed by atoms with E-state index in [-0.39, 0.29) is 12.4 Å². The van der Waals surface area contributed by atoms with Gasteiger partial charge >= 0.3 is 0 Å². The van der Waals surface area contributed by atoms with Gasteiger partial charge in [-0.1, -0.05) is 29.3 Å². The third kappa shape index (κ3) is 4.60. The smallest absolute Gasteiger partial charge is 0.104 e. The molecule has 1 nitrogen and oxygen atoms in total. The van der Waals surface area contributed by atoms with E-state index in [0.29, 0.717) is 10.0 Å². The Morgan fingerprint density at radius 1 is 1.13 bits per heavy atom. The van der Waals surface area contributed by atoms with Crippen molar-refractivity contribution in [1.29, 1.82) is 0 Å². The molecule has 0 saturated heterocycles. The Morgan fingerprint density at radius 2 is 1.73 bits per heavy atom. The Labute approximate surface area is 108 Å². The Balaban J connectivity index is 0.00000196. The molecule has 1 rings (SSSR count). The lowest BCUT2D eigenvalue weighted by molar-refractivity contribution is -0.901. The van der Waals surface area contributed by atoms with Gasteiger partial charge in [-0.05, 0) is 19.1 Å². The molecule has 0 N–H and O–H groups in total. The molecular weight excluding hydrogens is 252 g/mol. The number of nitrogens with zero attached hydrogens (tertiary/aromatic N) is 1. The fourth-order valence-corrected chi connectivity index (χ4v) is 1.56. The van der Waals surface area contributed by atoms with Crippen LogP contribution in [0.4, 0.5) is 0 Å². The first-order chi connectivity index (χ1) is 6.44. The Morgan fingerprint density at radius 3 is 2.20 bits per heavy atom. The van der Waals surface area contributed by atoms with Crippen molar-refractivity contribution in [2.45, 2.75) is 13.5 Å². The summed E-state index contributed by atoms with van der Waals surface area (Å²) < 4.78 is 0.956. The molecule has 0 aliphatic rings. The van der Waals surface area contributed by atoms with Crippen LogP contribution in [0.25, 0.3) is 0 Å². The van der Waals surface area contributed by atoms with Gasteiger partial charge in [0.2, 0.25) is 0 Å². The van der Waals surface area contributed by atoms with E-state index < -0.39 is 0 Å². The van der Waals surface area contributed by atoms with E-state index >= 15 is 0 Å². The van der Waals surface area contributed by atoms with Crippen molar-refractivity contribution in [3.05, 3.63) is 33.8 Å². The number of halogens is 3. The van der Waals surface area contributed by atoms with Crippen molar-refractivity contribution in [2.75, 3.05) is 20.6 Å². The minimum Gasteiger partial charge on any atom is -1.00 e. The fraction of sp³-hybridized carbons (Fsp3) is 0.455. The maximum absolute atomic E-state index is 5.95. The van der Waals surface area contributed by atoms with Gasteiger partial charge in [0, 0.05) is 5.56 Å². The second-order valence-corrected chi connectivity index (χ2v) is 4.97. The highest BCUT2D eigenvalue weighted by Crippen LogP contribution is 2.23. The molecule has 0 aromatic heterocycles. The molecule has 15 heavy (non-hydrogen) atoms. The second kappa shape index (κ2) is 5.95. The van der Waals surface area contributed by atoms with Crippen LogP contribution in [0, 0.1) is 0 Å². The van der Waals surface area contributed by atoms with Crippen LogP contribution in [0.15, 0.2) is 18.2 Å². The minimum atomic E-state index is 0. The number of rotatable bonds is 3. The summed E-state index contributed by atoms with van der Waals surface area (Å²) in [6, 6.07) is 5.83. The van der Waals surface area contributed by atoms with Gasteiger partial charge in [-0.2, -0.15) is 0 Å². The average Bonchev–Trinajstić information content (AvgIpc) is 2.11. The predicted octanol–water partition coefficient (Wildman–Crippen LogP) is 0.594. The van der Waals surface area contributed by atoms with Crippen LogP contribution in [-0.4, -0.2) is 25.1 Å². The predicted molar refractivity (Wildman–Crippen MR) is 62.8 cm³/mol. The van der Waals surface area contributed by atoms with Crippen molar-refractivity contribution >= 4 is 23.2 Å². The third-order valence-corrected chi connectivity index (χ3v) is 3.19. The monoisotopic (exact) mass is 267 g/mol. The molecule has 0 heterocycles. The lowest BCUT2D eigenvalue weighted by atomic mass is 10.2. The number of hydrogen-bond donors (Lipinski definition) is 0. The molecule has 1 aromatic carbocycles. The summed E-state index contributed by atoms with van der Waals surface area (Å²) in [6.07, 6.45) is 0. The van der Waals surface area contributed by atoms with Gasteiger partial charge < -0.3 is 16.9 Å². The Kier molecular flexibility index (Phi) is 5.97. The van der Waals surface area contributed by atoms with Crippen molar-refractivity contribution in [2.24, 2.45) is 0 Å². The van der Waals surface area contributed by atoms with E-state index in [2.05, 4.69) is 21.0 Å². The van der Waals surface area contributed by atoms with Crippen LogP contribution in [-0.2, 0) is 6.54 Å². The highest BCUT2D eigenvalue weighted by Gasteiger charge is 2.13. The highest BCUT2D eigenvalue weighted by atomic mass is 35.5. The second-order valence-electron chi connectivity index (χ2n) is 4.16. The molecule has 1 aromatic rings. The molecule has 0 aliphatic carbocycles. The first-order valence-electron chi connectivity index (χ1n) is 4.70. The molecule has 0 saturated carbocycles. The molecule has 0 bridgehead atoms. The first kappa shape index (κ1) is 15.0. The molecule has 0 aliphatic heterocycles. The zero-order valence-corrected chi connectivity index (χ0v) is 11.5. The van der Waals surface area contributed by atoms with E-state index in [1.165, 1.54) is 5.56 Å². The van der Waals surface area contributed by atoms with Gasteiger partial charge in [-0.15, -0.1) is 0 Å². The lowest BCUT2D eigenvalue weighted by Gasteiger charge is -2.28. The Hall–Kier alpha value is 0.0500. The summed E-state index contributed by atoms with van der Waals surface area (Å²) in [4.78, 5) is 0. The van der Waals surface area contributed by atoms with Crippen LogP contribution >= 0.6 is 23.2 Å². The molecule has 0 spiro atoms. The van der Waals surface area contributed by atoms with E-state index in [9.17, 15) is 0 Å². The average molecular weight is 269 g/mol. The zero-order valence-electron chi connectivity index (χ0n) is 9.23. The zero-order chi connectivity index (χ0) is 10.8. The minimum absolute atomic E-state index is 0. The van der Waals surface area contributed by atoms with Gasteiger partial charge in [0.1, 0.15) is 6.54 Å². The quantitative estimate of drug-likeness (QED) is 0.704. The van der Waals surface area contributed by atoms with E-state index in [0.717, 1.165) is 17.6 Å². The molecular formula is C11H16Cl3N. The molecule has 0 fully saturated rings. The summed E-state index contributed by atoms with van der Waals surface area (Å²) >= 11 is 11.8. The van der Waals surface area contributed by atoms with Gasteiger partial charge in [0.05, 0.1) is 30.7 Å². The topological polar surface area (TPSA) is 0 Å². The summed E-state index contributed by atoms with van der Waals surface area (Å²) in [5.74, 6) is 0. The molecule has 86 valence electrons. The number of benzene rings is 1. The summed E-state index contributed by atoms with van der Waals surface area (Å²) in [5, 5.41) is 1.26. The van der Waals surface area contributed by atoms with E-state index in [1.54, 1.807) is 0 Å². The molecule has 4 heteroatoms. The number of quaternary nitrogens is 1. The van der Waals surface area contributed by atoms with E-state index in [4.69, 9.17) is 23.2 Å².